The van der Waals surface area contributed by atoms with E-state index in [1.807, 2.05) is 46.4 Å². The van der Waals surface area contributed by atoms with E-state index in [1.54, 1.807) is 52.4 Å². The molecule has 2 aliphatic heterocycles. The van der Waals surface area contributed by atoms with Crippen molar-refractivity contribution in [2.45, 2.75) is 90.8 Å². The second-order valence-electron chi connectivity index (χ2n) is 18.2. The highest BCUT2D eigenvalue weighted by Gasteiger charge is 2.46. The summed E-state index contributed by atoms with van der Waals surface area (Å²) in [5, 5.41) is 5.21. The Labute approximate surface area is 376 Å². The fraction of sp³-hybridized carbons (Fsp3) is 0.455. The Kier molecular flexibility index (Phi) is 13.9. The molecular weight excluding hydrogens is 873 g/mol. The largest absolute Gasteiger partial charge is 0.573 e. The molecule has 0 unspecified atom stereocenters. The van der Waals surface area contributed by atoms with Crippen molar-refractivity contribution in [3.8, 4) is 28.1 Å². The van der Waals surface area contributed by atoms with Crippen LogP contribution in [0.15, 0.2) is 60.9 Å². The Morgan fingerprint density at radius 1 is 0.969 bits per heavy atom. The Balaban J connectivity index is 1.17. The number of anilines is 2. The first-order valence-electron chi connectivity index (χ1n) is 20.8. The Morgan fingerprint density at radius 2 is 1.66 bits per heavy atom. The van der Waals surface area contributed by atoms with Gasteiger partial charge in [-0.05, 0) is 69.0 Å². The molecule has 2 aromatic heterocycles. The maximum atomic E-state index is 13.9. The Morgan fingerprint density at radius 3 is 2.25 bits per heavy atom. The average Bonchev–Trinajstić information content (AvgIpc) is 3.84. The molecule has 0 radical (unpaired) electrons. The highest BCUT2D eigenvalue weighted by Crippen LogP contribution is 2.42. The van der Waals surface area contributed by atoms with Gasteiger partial charge >= 0.3 is 18.5 Å². The number of amides is 4. The van der Waals surface area contributed by atoms with Crippen LogP contribution in [0.3, 0.4) is 0 Å². The van der Waals surface area contributed by atoms with Crippen LogP contribution in [0.1, 0.15) is 63.8 Å². The van der Waals surface area contributed by atoms with Crippen molar-refractivity contribution in [1.82, 2.24) is 30.1 Å². The number of methoxy groups -OCH3 is 1. The maximum absolute atomic E-state index is 13.9. The third-order valence-electron chi connectivity index (χ3n) is 10.9. The number of nitrogens with one attached hydrogen (secondary N) is 3. The number of alkyl halides is 3. The lowest BCUT2D eigenvalue weighted by Gasteiger charge is -2.40. The number of ether oxygens (including phenoxy) is 3. The van der Waals surface area contributed by atoms with Crippen molar-refractivity contribution in [3.05, 3.63) is 77.3 Å². The summed E-state index contributed by atoms with van der Waals surface area (Å²) in [6.07, 6.45) is -2.59. The summed E-state index contributed by atoms with van der Waals surface area (Å²) in [5.74, 6) is -0.513. The molecule has 4 amide bonds. The average molecular weight is 927 g/mol. The SMILES string of the molecule is COC(=O)N[C@H](C(=O)N1C[Si](C)(C)C[C@H]1c1ncc(-c2ccc(-c3cc(Cl)c(NC(=O)c4ccc(N5CCN(C(=O)OC(C)(C)C)C[C@H]5C)nc4)cc3OC(F)(F)F)cc2)[nH]1)C(C)C. The fourth-order valence-electron chi connectivity index (χ4n) is 7.86. The minimum absolute atomic E-state index is 0.0247. The minimum atomic E-state index is -5.07. The highest BCUT2D eigenvalue weighted by molar-refractivity contribution is 6.78. The maximum Gasteiger partial charge on any atom is 0.573 e. The van der Waals surface area contributed by atoms with Crippen LogP contribution in [0.5, 0.6) is 5.75 Å². The number of carbonyl (C=O) groups is 4. The van der Waals surface area contributed by atoms with E-state index in [0.29, 0.717) is 54.3 Å². The van der Waals surface area contributed by atoms with Crippen molar-refractivity contribution in [2.75, 3.05) is 43.1 Å². The van der Waals surface area contributed by atoms with Crippen LogP contribution in [0.4, 0.5) is 34.3 Å². The number of piperazine rings is 1. The van der Waals surface area contributed by atoms with Crippen LogP contribution in [0.25, 0.3) is 22.4 Å². The van der Waals surface area contributed by atoms with Gasteiger partial charge in [-0.15, -0.1) is 13.2 Å². The first-order valence-corrected chi connectivity index (χ1v) is 24.6. The number of nitrogens with zero attached hydrogens (tertiary/aromatic N) is 5. The van der Waals surface area contributed by atoms with Gasteiger partial charge in [0.05, 0.1) is 49.4 Å². The zero-order valence-corrected chi connectivity index (χ0v) is 39.0. The molecule has 15 nitrogen and oxygen atoms in total. The van der Waals surface area contributed by atoms with Crippen molar-refractivity contribution in [2.24, 2.45) is 5.92 Å². The molecule has 4 aromatic rings. The van der Waals surface area contributed by atoms with E-state index >= 15 is 0 Å². The summed E-state index contributed by atoms with van der Waals surface area (Å²) in [6, 6.07) is 11.6. The predicted molar refractivity (Wildman–Crippen MR) is 239 cm³/mol. The van der Waals surface area contributed by atoms with Crippen LogP contribution in [-0.4, -0.2) is 114 Å². The van der Waals surface area contributed by atoms with Crippen molar-refractivity contribution in [3.63, 3.8) is 0 Å². The lowest BCUT2D eigenvalue weighted by Crippen LogP contribution is -2.54. The molecule has 4 heterocycles. The van der Waals surface area contributed by atoms with Crippen molar-refractivity contribution in [1.29, 1.82) is 0 Å². The number of benzene rings is 2. The molecule has 2 saturated heterocycles. The van der Waals surface area contributed by atoms with E-state index in [9.17, 15) is 32.3 Å². The zero-order valence-electron chi connectivity index (χ0n) is 37.2. The summed E-state index contributed by atoms with van der Waals surface area (Å²) in [7, 11) is -0.631. The van der Waals surface area contributed by atoms with E-state index < -0.39 is 49.9 Å². The number of pyridine rings is 1. The fourth-order valence-corrected chi connectivity index (χ4v) is 11.0. The highest BCUT2D eigenvalue weighted by atomic mass is 35.5. The van der Waals surface area contributed by atoms with E-state index in [2.05, 4.69) is 43.4 Å². The van der Waals surface area contributed by atoms with Crippen molar-refractivity contribution >= 4 is 55.2 Å². The molecule has 2 aromatic carbocycles. The lowest BCUT2D eigenvalue weighted by molar-refractivity contribution is -0.274. The smallest absolute Gasteiger partial charge is 0.453 e. The first kappa shape index (κ1) is 47.7. The molecule has 0 saturated carbocycles. The summed E-state index contributed by atoms with van der Waals surface area (Å²) in [4.78, 5) is 69.8. The number of aromatic nitrogens is 3. The number of imidazole rings is 1. The minimum Gasteiger partial charge on any atom is -0.453 e. The molecular formula is C44H54ClF3N8O7Si. The zero-order chi connectivity index (χ0) is 46.9. The molecule has 2 aliphatic rings. The van der Waals surface area contributed by atoms with E-state index in [4.69, 9.17) is 21.1 Å². The molecule has 2 fully saturated rings. The van der Waals surface area contributed by atoms with Gasteiger partial charge in [0.25, 0.3) is 5.91 Å². The molecule has 3 atom stereocenters. The van der Waals surface area contributed by atoms with Gasteiger partial charge in [0.1, 0.15) is 29.0 Å². The van der Waals surface area contributed by atoms with Gasteiger partial charge in [-0.2, -0.15) is 0 Å². The number of rotatable bonds is 10. The number of H-pyrrole nitrogens is 1. The van der Waals surface area contributed by atoms with E-state index in [1.165, 1.54) is 19.4 Å². The predicted octanol–water partition coefficient (Wildman–Crippen LogP) is 8.90. The van der Waals surface area contributed by atoms with Gasteiger partial charge in [0.2, 0.25) is 5.91 Å². The number of aromatic amines is 1. The quantitative estimate of drug-likeness (QED) is 0.131. The molecule has 20 heteroatoms. The third kappa shape index (κ3) is 11.5. The van der Waals surface area contributed by atoms with Crippen LogP contribution in [-0.2, 0) is 14.3 Å². The molecule has 0 aliphatic carbocycles. The number of alkyl carbamates (subject to hydrolysis) is 1. The topological polar surface area (TPSA) is 171 Å². The van der Waals surface area contributed by atoms with Crippen LogP contribution >= 0.6 is 11.6 Å². The monoisotopic (exact) mass is 926 g/mol. The standard InChI is InChI=1S/C44H54ClF3N8O7Si/c1-25(2)37(53-41(59)61-7)40(58)56-24-64(8,9)23-34(56)38-50-21-33(51-38)28-12-10-27(11-13-28)30-18-31(45)32(19-35(30)62-44(46,47)48)52-39(57)29-14-15-36(49-20-29)55-17-16-54(22-26(55)3)42(60)63-43(4,5)6/h10-15,18-21,25-26,34,37H,16-17,22-24H2,1-9H3,(H,50,51)(H,52,57)(H,53,59)/t26-,34+,37+/m1/s1. The summed E-state index contributed by atoms with van der Waals surface area (Å²) in [6.45, 7) is 16.8. The van der Waals surface area contributed by atoms with Gasteiger partial charge in [0, 0.05) is 49.7 Å². The molecule has 0 bridgehead atoms. The van der Waals surface area contributed by atoms with Gasteiger partial charge in [-0.1, -0.05) is 62.8 Å². The lowest BCUT2D eigenvalue weighted by atomic mass is 10.0. The van der Waals surface area contributed by atoms with Crippen molar-refractivity contribution < 1.29 is 46.6 Å². The number of halogens is 4. The van der Waals surface area contributed by atoms with Crippen LogP contribution < -0.4 is 20.3 Å². The summed E-state index contributed by atoms with van der Waals surface area (Å²) >= 11 is 6.61. The Hall–Kier alpha value is -5.82. The molecule has 344 valence electrons. The van der Waals surface area contributed by atoms with E-state index in [-0.39, 0.29) is 45.7 Å². The molecule has 3 N–H and O–H groups in total. The Bertz CT molecular complexity index is 2360. The second-order valence-corrected chi connectivity index (χ2v) is 23.6. The number of hydrogen-bond acceptors (Lipinski definition) is 10. The third-order valence-corrected chi connectivity index (χ3v) is 13.9. The number of carbonyl (C=O) groups excluding carboxylic acids is 4. The van der Waals surface area contributed by atoms with Crippen LogP contribution in [0, 0.1) is 5.92 Å². The van der Waals surface area contributed by atoms with Gasteiger partial charge in [-0.3, -0.25) is 9.59 Å². The molecule has 0 spiro atoms. The normalized spacial score (nSPS) is 18.1. The van der Waals surface area contributed by atoms with Crippen LogP contribution in [0.2, 0.25) is 24.2 Å². The first-order chi connectivity index (χ1) is 29.9. The number of hydrogen-bond donors (Lipinski definition) is 3. The molecule has 6 rings (SSSR count). The summed E-state index contributed by atoms with van der Waals surface area (Å²) < 4.78 is 56.1. The van der Waals surface area contributed by atoms with Gasteiger partial charge in [-0.25, -0.2) is 19.6 Å². The second kappa shape index (κ2) is 18.7. The summed E-state index contributed by atoms with van der Waals surface area (Å²) in [5.41, 5.74) is 1.07. The van der Waals surface area contributed by atoms with Gasteiger partial charge < -0.3 is 44.5 Å². The van der Waals surface area contributed by atoms with E-state index in [0.717, 1.165) is 12.1 Å². The van der Waals surface area contributed by atoms with Gasteiger partial charge in [0.15, 0.2) is 0 Å². The molecule has 64 heavy (non-hydrogen) atoms.